The van der Waals surface area contributed by atoms with Crippen LogP contribution >= 0.6 is 24.0 Å². The Kier molecular flexibility index (Phi) is 17.1. The van der Waals surface area contributed by atoms with Gasteiger partial charge in [0.05, 0.1) is 6.10 Å². The number of aliphatic imine (C=N–C) groups is 1. The van der Waals surface area contributed by atoms with E-state index in [1.54, 1.807) is 0 Å². The minimum absolute atomic E-state index is 0. The number of unbranched alkanes of at least 4 members (excludes halogenated alkanes) is 2. The molecule has 122 valence electrons. The minimum Gasteiger partial charge on any atom is -0.379 e. The van der Waals surface area contributed by atoms with Gasteiger partial charge in [0.25, 0.3) is 0 Å². The molecular weight excluding hydrogens is 365 g/mol. The van der Waals surface area contributed by atoms with Crippen LogP contribution in [0.25, 0.3) is 0 Å². The summed E-state index contributed by atoms with van der Waals surface area (Å²) in [7, 11) is 1.82. The van der Waals surface area contributed by atoms with Gasteiger partial charge in [-0.05, 0) is 33.6 Å². The second-order valence-corrected chi connectivity index (χ2v) is 5.31. The van der Waals surface area contributed by atoms with Gasteiger partial charge in [-0.3, -0.25) is 4.99 Å². The fourth-order valence-electron chi connectivity index (χ4n) is 1.80. The molecule has 0 aliphatic rings. The summed E-state index contributed by atoms with van der Waals surface area (Å²) < 4.78 is 5.50. The predicted molar refractivity (Wildman–Crippen MR) is 99.2 cm³/mol. The Morgan fingerprint density at radius 1 is 1.15 bits per heavy atom. The van der Waals surface area contributed by atoms with Crippen LogP contribution in [0.2, 0.25) is 0 Å². The molecule has 0 heterocycles. The molecule has 0 spiro atoms. The van der Waals surface area contributed by atoms with Crippen LogP contribution < -0.4 is 10.6 Å². The van der Waals surface area contributed by atoms with Gasteiger partial charge < -0.3 is 15.4 Å². The SMILES string of the molecule is CCCCCC(C)NC(=NC)NCCCOC(C)C.I. The maximum absolute atomic E-state index is 5.50. The molecule has 0 aromatic rings. The zero-order valence-electron chi connectivity index (χ0n) is 13.9. The van der Waals surface area contributed by atoms with E-state index in [1.165, 1.54) is 25.7 Å². The lowest BCUT2D eigenvalue weighted by Gasteiger charge is -2.18. The van der Waals surface area contributed by atoms with Crippen LogP contribution in [0.15, 0.2) is 4.99 Å². The Morgan fingerprint density at radius 2 is 1.85 bits per heavy atom. The van der Waals surface area contributed by atoms with Crippen LogP contribution in [0.5, 0.6) is 0 Å². The Morgan fingerprint density at radius 3 is 2.40 bits per heavy atom. The first kappa shape index (κ1) is 22.2. The molecule has 0 bridgehead atoms. The molecule has 4 nitrogen and oxygen atoms in total. The molecule has 1 unspecified atom stereocenters. The van der Waals surface area contributed by atoms with Crippen molar-refractivity contribution >= 4 is 29.9 Å². The largest absolute Gasteiger partial charge is 0.379 e. The van der Waals surface area contributed by atoms with Crippen molar-refractivity contribution in [2.75, 3.05) is 20.2 Å². The van der Waals surface area contributed by atoms with E-state index in [2.05, 4.69) is 43.3 Å². The number of nitrogens with zero attached hydrogens (tertiary/aromatic N) is 1. The molecule has 0 saturated carbocycles. The van der Waals surface area contributed by atoms with Crippen molar-refractivity contribution in [1.82, 2.24) is 10.6 Å². The number of nitrogens with one attached hydrogen (secondary N) is 2. The maximum atomic E-state index is 5.50. The van der Waals surface area contributed by atoms with Crippen LogP contribution in [-0.2, 0) is 4.74 Å². The highest BCUT2D eigenvalue weighted by Gasteiger charge is 2.04. The molecule has 0 saturated heterocycles. The summed E-state index contributed by atoms with van der Waals surface area (Å²) in [4.78, 5) is 4.24. The first-order chi connectivity index (χ1) is 9.10. The van der Waals surface area contributed by atoms with E-state index in [4.69, 9.17) is 4.74 Å². The predicted octanol–water partition coefficient (Wildman–Crippen LogP) is 3.55. The minimum atomic E-state index is 0. The standard InChI is InChI=1S/C15H33N3O.HI/c1-6-7-8-10-14(4)18-15(16-5)17-11-9-12-19-13(2)3;/h13-14H,6-12H2,1-5H3,(H2,16,17,18);1H. The van der Waals surface area contributed by atoms with Crippen molar-refractivity contribution in [3.8, 4) is 0 Å². The molecule has 5 heteroatoms. The molecule has 0 aromatic heterocycles. The number of rotatable bonds is 10. The molecule has 2 N–H and O–H groups in total. The smallest absolute Gasteiger partial charge is 0.191 e. The molecule has 0 radical (unpaired) electrons. The van der Waals surface area contributed by atoms with Gasteiger partial charge in [0.15, 0.2) is 5.96 Å². The Hall–Kier alpha value is -0.0400. The summed E-state index contributed by atoms with van der Waals surface area (Å²) in [5, 5.41) is 6.75. The molecule has 0 fully saturated rings. The molecule has 1 atom stereocenters. The molecular formula is C15H34IN3O. The third-order valence-corrected chi connectivity index (χ3v) is 2.91. The van der Waals surface area contributed by atoms with Crippen molar-refractivity contribution in [3.63, 3.8) is 0 Å². The van der Waals surface area contributed by atoms with Crippen LogP contribution in [-0.4, -0.2) is 38.3 Å². The third kappa shape index (κ3) is 14.4. The number of hydrogen-bond acceptors (Lipinski definition) is 2. The van der Waals surface area contributed by atoms with Crippen molar-refractivity contribution in [1.29, 1.82) is 0 Å². The zero-order chi connectivity index (χ0) is 14.5. The number of halogens is 1. The second-order valence-electron chi connectivity index (χ2n) is 5.31. The van der Waals surface area contributed by atoms with E-state index >= 15 is 0 Å². The van der Waals surface area contributed by atoms with E-state index in [0.717, 1.165) is 25.5 Å². The summed E-state index contributed by atoms with van der Waals surface area (Å²) in [6, 6.07) is 0.477. The van der Waals surface area contributed by atoms with Gasteiger partial charge in [-0.1, -0.05) is 26.2 Å². The highest BCUT2D eigenvalue weighted by molar-refractivity contribution is 14.0. The molecule has 0 aliphatic heterocycles. The van der Waals surface area contributed by atoms with E-state index in [1.807, 2.05) is 7.05 Å². The quantitative estimate of drug-likeness (QED) is 0.256. The Balaban J connectivity index is 0. The number of guanidine groups is 1. The van der Waals surface area contributed by atoms with Gasteiger partial charge in [0, 0.05) is 26.2 Å². The van der Waals surface area contributed by atoms with Crippen molar-refractivity contribution in [3.05, 3.63) is 0 Å². The van der Waals surface area contributed by atoms with Gasteiger partial charge in [-0.2, -0.15) is 0 Å². The first-order valence-corrected chi connectivity index (χ1v) is 7.68. The van der Waals surface area contributed by atoms with E-state index in [0.29, 0.717) is 12.1 Å². The van der Waals surface area contributed by atoms with Gasteiger partial charge in [0.2, 0.25) is 0 Å². The maximum Gasteiger partial charge on any atom is 0.191 e. The summed E-state index contributed by atoms with van der Waals surface area (Å²) in [5.74, 6) is 0.897. The lowest BCUT2D eigenvalue weighted by molar-refractivity contribution is 0.0776. The summed E-state index contributed by atoms with van der Waals surface area (Å²) >= 11 is 0. The third-order valence-electron chi connectivity index (χ3n) is 2.91. The topological polar surface area (TPSA) is 45.7 Å². The lowest BCUT2D eigenvalue weighted by Crippen LogP contribution is -2.42. The molecule has 0 aliphatic carbocycles. The summed E-state index contributed by atoms with van der Waals surface area (Å²) in [6.07, 6.45) is 6.38. The molecule has 0 rings (SSSR count). The second kappa shape index (κ2) is 15.4. The van der Waals surface area contributed by atoms with Gasteiger partial charge in [-0.15, -0.1) is 24.0 Å². The molecule has 20 heavy (non-hydrogen) atoms. The summed E-state index contributed by atoms with van der Waals surface area (Å²) in [6.45, 7) is 10.3. The van der Waals surface area contributed by atoms with Gasteiger partial charge in [-0.25, -0.2) is 0 Å². The summed E-state index contributed by atoms with van der Waals surface area (Å²) in [5.41, 5.74) is 0. The highest BCUT2D eigenvalue weighted by atomic mass is 127. The average molecular weight is 399 g/mol. The fraction of sp³-hybridized carbons (Fsp3) is 0.933. The average Bonchev–Trinajstić information content (AvgIpc) is 2.37. The van der Waals surface area contributed by atoms with Crippen molar-refractivity contribution in [2.45, 2.75) is 71.9 Å². The van der Waals surface area contributed by atoms with Crippen LogP contribution in [0.3, 0.4) is 0 Å². The fourth-order valence-corrected chi connectivity index (χ4v) is 1.80. The molecule has 0 amide bonds. The van der Waals surface area contributed by atoms with Crippen LogP contribution in [0, 0.1) is 0 Å². The van der Waals surface area contributed by atoms with E-state index < -0.39 is 0 Å². The van der Waals surface area contributed by atoms with Crippen LogP contribution in [0.1, 0.15) is 59.8 Å². The lowest BCUT2D eigenvalue weighted by atomic mass is 10.1. The number of ether oxygens (including phenoxy) is 1. The Labute approximate surface area is 142 Å². The van der Waals surface area contributed by atoms with Gasteiger partial charge >= 0.3 is 0 Å². The normalized spacial score (nSPS) is 13.0. The number of hydrogen-bond donors (Lipinski definition) is 2. The van der Waals surface area contributed by atoms with Crippen molar-refractivity contribution in [2.24, 2.45) is 4.99 Å². The van der Waals surface area contributed by atoms with Crippen molar-refractivity contribution < 1.29 is 4.74 Å². The Bertz CT molecular complexity index is 235. The van der Waals surface area contributed by atoms with Gasteiger partial charge in [0.1, 0.15) is 0 Å². The van der Waals surface area contributed by atoms with E-state index in [9.17, 15) is 0 Å². The molecule has 0 aromatic carbocycles. The monoisotopic (exact) mass is 399 g/mol. The van der Waals surface area contributed by atoms with E-state index in [-0.39, 0.29) is 24.0 Å². The van der Waals surface area contributed by atoms with Crippen LogP contribution in [0.4, 0.5) is 0 Å². The zero-order valence-corrected chi connectivity index (χ0v) is 16.2. The first-order valence-electron chi connectivity index (χ1n) is 7.68. The highest BCUT2D eigenvalue weighted by Crippen LogP contribution is 2.02.